The second kappa shape index (κ2) is 8.82. The summed E-state index contributed by atoms with van der Waals surface area (Å²) in [6.45, 7) is 5.19. The smallest absolute Gasteiger partial charge is 0.244 e. The Kier molecular flexibility index (Phi) is 6.24. The van der Waals surface area contributed by atoms with E-state index in [2.05, 4.69) is 31.3 Å². The number of fused-ring (bicyclic) bond motifs is 1. The second-order valence-electron chi connectivity index (χ2n) is 6.86. The van der Waals surface area contributed by atoms with Crippen LogP contribution in [0.2, 0.25) is 0 Å². The molecule has 3 rings (SSSR count). The summed E-state index contributed by atoms with van der Waals surface area (Å²) in [5.74, 6) is 0.638. The number of hydrogen-bond donors (Lipinski definition) is 1. The van der Waals surface area contributed by atoms with Crippen LogP contribution in [-0.2, 0) is 22.6 Å². The summed E-state index contributed by atoms with van der Waals surface area (Å²) in [5.41, 5.74) is 3.68. The lowest BCUT2D eigenvalue weighted by atomic mass is 10.0. The number of benzene rings is 2. The fourth-order valence-electron chi connectivity index (χ4n) is 2.99. The first kappa shape index (κ1) is 19.1. The van der Waals surface area contributed by atoms with Gasteiger partial charge in [-0.2, -0.15) is 0 Å². The molecule has 0 aromatic heterocycles. The molecule has 1 aliphatic heterocycles. The highest BCUT2D eigenvalue weighted by Crippen LogP contribution is 2.29. The summed E-state index contributed by atoms with van der Waals surface area (Å²) in [4.78, 5) is 12.0. The van der Waals surface area contributed by atoms with Gasteiger partial charge in [0.1, 0.15) is 11.6 Å². The number of nitrogens with one attached hydrogen (secondary N) is 1. The van der Waals surface area contributed by atoms with Crippen LogP contribution in [0, 0.1) is 5.82 Å². The largest absolute Gasteiger partial charge is 0.467 e. The number of ether oxygens (including phenoxy) is 2. The molecule has 1 amide bonds. The molecule has 0 saturated carbocycles. The number of carbonyl (C=O) groups is 1. The van der Waals surface area contributed by atoms with E-state index in [1.807, 2.05) is 12.1 Å². The van der Waals surface area contributed by atoms with Crippen molar-refractivity contribution in [2.24, 2.45) is 0 Å². The third-order valence-corrected chi connectivity index (χ3v) is 4.48. The maximum absolute atomic E-state index is 13.7. The molecule has 0 unspecified atom stereocenters. The Bertz CT molecular complexity index is 828. The van der Waals surface area contributed by atoms with Crippen LogP contribution in [0.25, 0.3) is 6.08 Å². The molecular formula is C22H24FNO3. The van der Waals surface area contributed by atoms with Gasteiger partial charge in [0.15, 0.2) is 6.79 Å². The highest BCUT2D eigenvalue weighted by Gasteiger charge is 2.16. The van der Waals surface area contributed by atoms with E-state index >= 15 is 0 Å². The third kappa shape index (κ3) is 5.17. The highest BCUT2D eigenvalue weighted by molar-refractivity contribution is 5.91. The Balaban J connectivity index is 1.53. The van der Waals surface area contributed by atoms with Crippen molar-refractivity contribution in [2.75, 3.05) is 13.3 Å². The summed E-state index contributed by atoms with van der Waals surface area (Å²) >= 11 is 0. The first-order valence-corrected chi connectivity index (χ1v) is 9.10. The van der Waals surface area contributed by atoms with Crippen molar-refractivity contribution >= 4 is 12.0 Å². The normalized spacial score (nSPS) is 13.5. The quantitative estimate of drug-likeness (QED) is 0.777. The fourth-order valence-corrected chi connectivity index (χ4v) is 2.99. The van der Waals surface area contributed by atoms with Crippen LogP contribution >= 0.6 is 0 Å². The molecule has 27 heavy (non-hydrogen) atoms. The monoisotopic (exact) mass is 369 g/mol. The molecule has 1 heterocycles. The minimum absolute atomic E-state index is 0.163. The molecule has 4 nitrogen and oxygen atoms in total. The number of carbonyl (C=O) groups excluding carboxylic acids is 1. The van der Waals surface area contributed by atoms with Gasteiger partial charge in [0.05, 0.1) is 6.61 Å². The molecule has 2 aromatic carbocycles. The van der Waals surface area contributed by atoms with Crippen molar-refractivity contribution < 1.29 is 18.7 Å². The first-order chi connectivity index (χ1) is 13.0. The van der Waals surface area contributed by atoms with Gasteiger partial charge < -0.3 is 14.8 Å². The van der Waals surface area contributed by atoms with Crippen LogP contribution in [0.1, 0.15) is 42.0 Å². The molecule has 0 fully saturated rings. The Morgan fingerprint density at radius 2 is 2.04 bits per heavy atom. The van der Waals surface area contributed by atoms with E-state index in [-0.39, 0.29) is 18.5 Å². The minimum atomic E-state index is -0.325. The highest BCUT2D eigenvalue weighted by atomic mass is 19.1. The van der Waals surface area contributed by atoms with Crippen LogP contribution in [-0.4, -0.2) is 19.2 Å². The van der Waals surface area contributed by atoms with E-state index in [0.717, 1.165) is 11.1 Å². The lowest BCUT2D eigenvalue weighted by Crippen LogP contribution is -2.24. The van der Waals surface area contributed by atoms with Gasteiger partial charge >= 0.3 is 0 Å². The van der Waals surface area contributed by atoms with Gasteiger partial charge in [-0.25, -0.2) is 4.39 Å². The summed E-state index contributed by atoms with van der Waals surface area (Å²) in [7, 11) is 0. The van der Waals surface area contributed by atoms with Gasteiger partial charge in [0.25, 0.3) is 0 Å². The zero-order valence-corrected chi connectivity index (χ0v) is 15.6. The summed E-state index contributed by atoms with van der Waals surface area (Å²) in [6, 6.07) is 11.0. The Morgan fingerprint density at radius 3 is 2.78 bits per heavy atom. The van der Waals surface area contributed by atoms with Gasteiger partial charge in [0, 0.05) is 18.2 Å². The van der Waals surface area contributed by atoms with Crippen LogP contribution in [0.15, 0.2) is 42.5 Å². The Hall–Kier alpha value is -2.66. The molecule has 2 aromatic rings. The summed E-state index contributed by atoms with van der Waals surface area (Å²) in [6.07, 6.45) is 3.78. The van der Waals surface area contributed by atoms with Crippen molar-refractivity contribution in [2.45, 2.75) is 32.8 Å². The summed E-state index contributed by atoms with van der Waals surface area (Å²) < 4.78 is 24.4. The SMILES string of the molecule is CC(C)c1ccc(C=CC(=O)NCCc2cc(F)cc3c2OCOC3)cc1. The lowest BCUT2D eigenvalue weighted by Gasteiger charge is -2.20. The maximum atomic E-state index is 13.7. The number of amides is 1. The minimum Gasteiger partial charge on any atom is -0.467 e. The lowest BCUT2D eigenvalue weighted by molar-refractivity contribution is -0.116. The van der Waals surface area contributed by atoms with E-state index in [4.69, 9.17) is 9.47 Å². The topological polar surface area (TPSA) is 47.6 Å². The molecule has 0 saturated heterocycles. The molecule has 0 aliphatic carbocycles. The molecule has 1 aliphatic rings. The molecule has 0 radical (unpaired) electrons. The molecule has 1 N–H and O–H groups in total. The van der Waals surface area contributed by atoms with Crippen molar-refractivity contribution in [3.63, 3.8) is 0 Å². The predicted molar refractivity (Wildman–Crippen MR) is 103 cm³/mol. The van der Waals surface area contributed by atoms with Gasteiger partial charge in [-0.1, -0.05) is 38.1 Å². The van der Waals surface area contributed by atoms with Crippen molar-refractivity contribution in [3.8, 4) is 5.75 Å². The Morgan fingerprint density at radius 1 is 1.26 bits per heavy atom. The molecule has 0 bridgehead atoms. The average molecular weight is 369 g/mol. The van der Waals surface area contributed by atoms with Crippen LogP contribution in [0.4, 0.5) is 4.39 Å². The van der Waals surface area contributed by atoms with E-state index in [1.54, 1.807) is 6.08 Å². The average Bonchev–Trinajstić information content (AvgIpc) is 2.66. The van der Waals surface area contributed by atoms with Gasteiger partial charge in [0.2, 0.25) is 5.91 Å². The first-order valence-electron chi connectivity index (χ1n) is 9.10. The van der Waals surface area contributed by atoms with Crippen LogP contribution in [0.5, 0.6) is 5.75 Å². The van der Waals surface area contributed by atoms with Crippen molar-refractivity contribution in [3.05, 3.63) is 70.5 Å². The van der Waals surface area contributed by atoms with Gasteiger partial charge in [-0.3, -0.25) is 4.79 Å². The number of halogens is 1. The van der Waals surface area contributed by atoms with E-state index in [0.29, 0.717) is 36.8 Å². The summed E-state index contributed by atoms with van der Waals surface area (Å²) in [5, 5.41) is 2.82. The van der Waals surface area contributed by atoms with Crippen LogP contribution in [0.3, 0.4) is 0 Å². The second-order valence-corrected chi connectivity index (χ2v) is 6.86. The molecule has 0 spiro atoms. The maximum Gasteiger partial charge on any atom is 0.244 e. The predicted octanol–water partition coefficient (Wildman–Crippen LogP) is 4.19. The number of rotatable bonds is 6. The third-order valence-electron chi connectivity index (χ3n) is 4.48. The van der Waals surface area contributed by atoms with Gasteiger partial charge in [-0.15, -0.1) is 0 Å². The van der Waals surface area contributed by atoms with E-state index in [1.165, 1.54) is 23.8 Å². The Labute approximate surface area is 159 Å². The van der Waals surface area contributed by atoms with Crippen molar-refractivity contribution in [1.29, 1.82) is 0 Å². The molecule has 5 heteroatoms. The standard InChI is InChI=1S/C22H24FNO3/c1-15(2)17-6-3-16(4-7-17)5-8-21(25)24-10-9-18-11-20(23)12-19-13-26-14-27-22(18)19/h3-8,11-12,15H,9-10,13-14H2,1-2H3,(H,24,25). The van der Waals surface area contributed by atoms with Crippen LogP contribution < -0.4 is 10.1 Å². The number of hydrogen-bond acceptors (Lipinski definition) is 3. The van der Waals surface area contributed by atoms with Crippen molar-refractivity contribution in [1.82, 2.24) is 5.32 Å². The molecule has 142 valence electrons. The zero-order chi connectivity index (χ0) is 19.2. The van der Waals surface area contributed by atoms with E-state index < -0.39 is 0 Å². The molecular weight excluding hydrogens is 345 g/mol. The van der Waals surface area contributed by atoms with Gasteiger partial charge in [-0.05, 0) is 47.2 Å². The van der Waals surface area contributed by atoms with E-state index in [9.17, 15) is 9.18 Å². The molecule has 0 atom stereocenters. The zero-order valence-electron chi connectivity index (χ0n) is 15.6. The fraction of sp³-hybridized carbons (Fsp3) is 0.318.